The number of hydrogen-bond donors (Lipinski definition) is 3. The number of nitrogens with zero attached hydrogens (tertiary/aromatic N) is 1. The van der Waals surface area contributed by atoms with Crippen LogP contribution in [0, 0.1) is 11.8 Å². The summed E-state index contributed by atoms with van der Waals surface area (Å²) >= 11 is 0. The molecule has 11 heteroatoms. The normalized spacial score (nSPS) is 17.1. The maximum atomic E-state index is 13.3. The molecule has 3 rings (SSSR count). The van der Waals surface area contributed by atoms with Crippen molar-refractivity contribution in [2.24, 2.45) is 22.6 Å². The maximum absolute atomic E-state index is 13.3. The van der Waals surface area contributed by atoms with Crippen molar-refractivity contribution in [3.63, 3.8) is 0 Å². The van der Waals surface area contributed by atoms with Gasteiger partial charge in [-0.2, -0.15) is 13.2 Å². The molecule has 0 spiro atoms. The minimum absolute atomic E-state index is 0.165. The summed E-state index contributed by atoms with van der Waals surface area (Å²) in [6, 6.07) is 13.9. The fraction of sp³-hybridized carbons (Fsp3) is 0.407. The molecule has 1 aliphatic heterocycles. The van der Waals surface area contributed by atoms with Crippen LogP contribution in [0.2, 0.25) is 0 Å². The van der Waals surface area contributed by atoms with E-state index in [0.717, 1.165) is 0 Å². The minimum Gasteiger partial charge on any atom is -0.392 e. The SMILES string of the molecule is NC(=O)[C@@H](CCCF)[C@@H](CCC(F)(F)F)C(=O)N[C@H]1N=C(c2ccccc2)c2cccc(CO)c2CC1=O. The molecule has 7 nitrogen and oxygen atoms in total. The summed E-state index contributed by atoms with van der Waals surface area (Å²) in [5, 5.41) is 12.3. The van der Waals surface area contributed by atoms with Crippen LogP contribution >= 0.6 is 0 Å². The Hall–Kier alpha value is -3.60. The number of carbonyl (C=O) groups is 3. The third kappa shape index (κ3) is 7.25. The van der Waals surface area contributed by atoms with Crippen LogP contribution in [-0.4, -0.2) is 47.4 Å². The molecular formula is C27H29F4N3O4. The monoisotopic (exact) mass is 535 g/mol. The number of aliphatic imine (C=N–C) groups is 1. The number of rotatable bonds is 11. The summed E-state index contributed by atoms with van der Waals surface area (Å²) in [7, 11) is 0. The van der Waals surface area contributed by atoms with E-state index in [9.17, 15) is 37.1 Å². The molecule has 0 unspecified atom stereocenters. The van der Waals surface area contributed by atoms with Gasteiger partial charge in [0, 0.05) is 35.8 Å². The average Bonchev–Trinajstić information content (AvgIpc) is 3.01. The number of Topliss-reactive ketones (excluding diaryl/α,β-unsaturated/α-hetero) is 1. The Morgan fingerprint density at radius 3 is 2.39 bits per heavy atom. The van der Waals surface area contributed by atoms with Gasteiger partial charge in [-0.1, -0.05) is 48.5 Å². The first-order chi connectivity index (χ1) is 18.1. The van der Waals surface area contributed by atoms with E-state index in [-0.39, 0.29) is 25.9 Å². The van der Waals surface area contributed by atoms with E-state index in [4.69, 9.17) is 5.73 Å². The molecule has 2 aromatic rings. The second-order valence-corrected chi connectivity index (χ2v) is 9.10. The molecule has 2 amide bonds. The number of hydrogen-bond acceptors (Lipinski definition) is 5. The number of benzene rings is 2. The van der Waals surface area contributed by atoms with Crippen molar-refractivity contribution in [3.8, 4) is 0 Å². The third-order valence-corrected chi connectivity index (χ3v) is 6.51. The summed E-state index contributed by atoms with van der Waals surface area (Å²) in [5.74, 6) is -5.48. The van der Waals surface area contributed by atoms with E-state index in [2.05, 4.69) is 10.3 Å². The predicted molar refractivity (Wildman–Crippen MR) is 132 cm³/mol. The highest BCUT2D eigenvalue weighted by molar-refractivity contribution is 6.16. The second kappa shape index (κ2) is 12.8. The number of aliphatic hydroxyl groups is 1. The molecule has 0 saturated heterocycles. The Bertz CT molecular complexity index is 1180. The predicted octanol–water partition coefficient (Wildman–Crippen LogP) is 3.39. The van der Waals surface area contributed by atoms with Gasteiger partial charge in [-0.25, -0.2) is 0 Å². The number of carbonyl (C=O) groups excluding carboxylic acids is 3. The molecule has 38 heavy (non-hydrogen) atoms. The van der Waals surface area contributed by atoms with E-state index >= 15 is 0 Å². The molecule has 0 radical (unpaired) electrons. The molecule has 0 aliphatic carbocycles. The summed E-state index contributed by atoms with van der Waals surface area (Å²) in [4.78, 5) is 43.1. The lowest BCUT2D eigenvalue weighted by Crippen LogP contribution is -2.47. The zero-order chi connectivity index (χ0) is 27.9. The van der Waals surface area contributed by atoms with E-state index in [1.807, 2.05) is 0 Å². The number of ketones is 1. The number of aliphatic hydroxyl groups excluding tert-OH is 1. The Kier molecular flexibility index (Phi) is 9.73. The molecular weight excluding hydrogens is 506 g/mol. The number of halogens is 4. The average molecular weight is 536 g/mol. The van der Waals surface area contributed by atoms with Gasteiger partial charge >= 0.3 is 6.18 Å². The van der Waals surface area contributed by atoms with Gasteiger partial charge < -0.3 is 16.2 Å². The van der Waals surface area contributed by atoms with Crippen LogP contribution in [0.1, 0.15) is 47.9 Å². The third-order valence-electron chi connectivity index (χ3n) is 6.51. The number of primary amides is 1. The number of fused-ring (bicyclic) bond motifs is 1. The van der Waals surface area contributed by atoms with Crippen LogP contribution in [0.3, 0.4) is 0 Å². The highest BCUT2D eigenvalue weighted by Crippen LogP contribution is 2.30. The number of nitrogens with one attached hydrogen (secondary N) is 1. The van der Waals surface area contributed by atoms with E-state index < -0.39 is 61.3 Å². The van der Waals surface area contributed by atoms with E-state index in [1.54, 1.807) is 48.5 Å². The van der Waals surface area contributed by atoms with Crippen molar-refractivity contribution in [2.75, 3.05) is 6.67 Å². The molecule has 0 bridgehead atoms. The fourth-order valence-electron chi connectivity index (χ4n) is 4.61. The summed E-state index contributed by atoms with van der Waals surface area (Å²) < 4.78 is 51.9. The van der Waals surface area contributed by atoms with Crippen molar-refractivity contribution in [1.29, 1.82) is 0 Å². The Morgan fingerprint density at radius 1 is 1.08 bits per heavy atom. The van der Waals surface area contributed by atoms with Crippen molar-refractivity contribution in [1.82, 2.24) is 5.32 Å². The first-order valence-electron chi connectivity index (χ1n) is 12.2. The van der Waals surface area contributed by atoms with Gasteiger partial charge in [0.05, 0.1) is 19.0 Å². The lowest BCUT2D eigenvalue weighted by atomic mass is 9.83. The first-order valence-corrected chi connectivity index (χ1v) is 12.2. The van der Waals surface area contributed by atoms with Crippen LogP contribution in [0.4, 0.5) is 17.6 Å². The van der Waals surface area contributed by atoms with Crippen LogP contribution in [0.5, 0.6) is 0 Å². The van der Waals surface area contributed by atoms with Gasteiger partial charge in [0.1, 0.15) is 0 Å². The van der Waals surface area contributed by atoms with Crippen molar-refractivity contribution in [3.05, 3.63) is 70.8 Å². The van der Waals surface area contributed by atoms with E-state index in [0.29, 0.717) is 28.0 Å². The van der Waals surface area contributed by atoms with Crippen molar-refractivity contribution in [2.45, 2.75) is 51.1 Å². The Balaban J connectivity index is 2.01. The van der Waals surface area contributed by atoms with Gasteiger partial charge in [0.2, 0.25) is 11.8 Å². The molecule has 0 fully saturated rings. The lowest BCUT2D eigenvalue weighted by Gasteiger charge is -2.26. The molecule has 1 aliphatic rings. The summed E-state index contributed by atoms with van der Waals surface area (Å²) in [6.07, 6.45) is -8.80. The fourth-order valence-corrected chi connectivity index (χ4v) is 4.61. The van der Waals surface area contributed by atoms with Crippen LogP contribution < -0.4 is 11.1 Å². The number of alkyl halides is 4. The standard InChI is InChI=1S/C27H29F4N3O4/c28-13-5-10-19(24(32)37)20(11-12-27(29,30)31)26(38)34-25-22(36)14-21-17(15-35)8-4-9-18(21)23(33-25)16-6-2-1-3-7-16/h1-4,6-9,19-20,25,35H,5,10-15H2,(H2,32,37)(H,34,38)/t19-,20+,25+/m0/s1. The summed E-state index contributed by atoms with van der Waals surface area (Å²) in [6.45, 7) is -1.18. The van der Waals surface area contributed by atoms with Crippen molar-refractivity contribution >= 4 is 23.3 Å². The zero-order valence-electron chi connectivity index (χ0n) is 20.5. The largest absolute Gasteiger partial charge is 0.392 e. The maximum Gasteiger partial charge on any atom is 0.389 e. The number of amides is 2. The molecule has 3 atom stereocenters. The highest BCUT2D eigenvalue weighted by Gasteiger charge is 2.38. The quantitative estimate of drug-likeness (QED) is 0.382. The zero-order valence-corrected chi connectivity index (χ0v) is 20.5. The molecule has 4 N–H and O–H groups in total. The smallest absolute Gasteiger partial charge is 0.389 e. The topological polar surface area (TPSA) is 122 Å². The molecule has 2 aromatic carbocycles. The first kappa shape index (κ1) is 29.0. The molecule has 0 saturated carbocycles. The van der Waals surface area contributed by atoms with Gasteiger partial charge in [-0.05, 0) is 30.4 Å². The van der Waals surface area contributed by atoms with Gasteiger partial charge in [-0.3, -0.25) is 23.8 Å². The Labute approximate surface area is 217 Å². The van der Waals surface area contributed by atoms with Crippen molar-refractivity contribution < 1.29 is 37.1 Å². The van der Waals surface area contributed by atoms with Gasteiger partial charge in [-0.15, -0.1) is 0 Å². The van der Waals surface area contributed by atoms with Gasteiger partial charge in [0.25, 0.3) is 0 Å². The molecule has 1 heterocycles. The van der Waals surface area contributed by atoms with Gasteiger partial charge in [0.15, 0.2) is 11.9 Å². The Morgan fingerprint density at radius 2 is 1.79 bits per heavy atom. The molecule has 0 aromatic heterocycles. The molecule has 204 valence electrons. The number of nitrogens with two attached hydrogens (primary N) is 1. The lowest BCUT2D eigenvalue weighted by molar-refractivity contribution is -0.146. The van der Waals surface area contributed by atoms with Crippen LogP contribution in [0.15, 0.2) is 53.5 Å². The highest BCUT2D eigenvalue weighted by atomic mass is 19.4. The summed E-state index contributed by atoms with van der Waals surface area (Å²) in [5.41, 5.74) is 7.94. The second-order valence-electron chi connectivity index (χ2n) is 9.10. The van der Waals surface area contributed by atoms with Crippen LogP contribution in [-0.2, 0) is 27.4 Å². The van der Waals surface area contributed by atoms with E-state index in [1.165, 1.54) is 0 Å². The van der Waals surface area contributed by atoms with Crippen LogP contribution in [0.25, 0.3) is 0 Å². The minimum atomic E-state index is -4.61.